The van der Waals surface area contributed by atoms with Gasteiger partial charge in [-0.2, -0.15) is 0 Å². The van der Waals surface area contributed by atoms with Gasteiger partial charge >= 0.3 is 0 Å². The van der Waals surface area contributed by atoms with E-state index in [9.17, 15) is 14.7 Å². The number of nitrogens with zero attached hydrogens (tertiary/aromatic N) is 2. The SMILES string of the molecule is CCC(=O)CCCCC[C@H](NC(C)=O)c1ncc(-c2cc3ccccc3nc2O)[nH]1. The summed E-state index contributed by atoms with van der Waals surface area (Å²) in [5, 5.41) is 14.2. The summed E-state index contributed by atoms with van der Waals surface area (Å²) in [4.78, 5) is 35.0. The van der Waals surface area contributed by atoms with Gasteiger partial charge in [0.05, 0.1) is 29.0 Å². The Labute approximate surface area is 176 Å². The molecule has 3 rings (SSSR count). The van der Waals surface area contributed by atoms with Crippen LogP contribution in [0.2, 0.25) is 0 Å². The maximum absolute atomic E-state index is 11.7. The number of amides is 1. The summed E-state index contributed by atoms with van der Waals surface area (Å²) in [6, 6.07) is 9.19. The molecule has 0 aliphatic rings. The van der Waals surface area contributed by atoms with E-state index in [2.05, 4.69) is 20.3 Å². The number of fused-ring (bicyclic) bond motifs is 1. The molecule has 0 saturated heterocycles. The molecule has 7 heteroatoms. The Kier molecular flexibility index (Phi) is 7.17. The normalized spacial score (nSPS) is 12.1. The van der Waals surface area contributed by atoms with E-state index in [-0.39, 0.29) is 23.6 Å². The number of aromatic amines is 1. The highest BCUT2D eigenvalue weighted by molar-refractivity contribution is 5.85. The Morgan fingerprint density at radius 1 is 1.20 bits per heavy atom. The maximum atomic E-state index is 11.7. The minimum absolute atomic E-state index is 0.0689. The number of pyridine rings is 1. The van der Waals surface area contributed by atoms with Gasteiger partial charge in [0.1, 0.15) is 11.6 Å². The van der Waals surface area contributed by atoms with Crippen molar-refractivity contribution in [3.63, 3.8) is 0 Å². The van der Waals surface area contributed by atoms with Gasteiger partial charge in [0.25, 0.3) is 0 Å². The second kappa shape index (κ2) is 10.0. The molecular formula is C23H28N4O3. The van der Waals surface area contributed by atoms with E-state index in [0.29, 0.717) is 29.9 Å². The predicted octanol–water partition coefficient (Wildman–Crippen LogP) is 4.44. The maximum Gasteiger partial charge on any atom is 0.221 e. The topological polar surface area (TPSA) is 108 Å². The third kappa shape index (κ3) is 5.43. The first kappa shape index (κ1) is 21.5. The molecule has 158 valence electrons. The number of ketones is 1. The van der Waals surface area contributed by atoms with Gasteiger partial charge in [0.15, 0.2) is 0 Å². The number of carbonyl (C=O) groups excluding carboxylic acids is 2. The Bertz CT molecular complexity index is 1030. The summed E-state index contributed by atoms with van der Waals surface area (Å²) in [5.41, 5.74) is 1.92. The summed E-state index contributed by atoms with van der Waals surface area (Å²) < 4.78 is 0. The predicted molar refractivity (Wildman–Crippen MR) is 116 cm³/mol. The Morgan fingerprint density at radius 2 is 2.00 bits per heavy atom. The average Bonchev–Trinajstić information content (AvgIpc) is 3.21. The molecule has 0 spiro atoms. The minimum Gasteiger partial charge on any atom is -0.493 e. The number of rotatable bonds is 10. The molecule has 7 nitrogen and oxygen atoms in total. The summed E-state index contributed by atoms with van der Waals surface area (Å²) in [6.07, 6.45) is 6.22. The molecule has 3 N–H and O–H groups in total. The van der Waals surface area contributed by atoms with Crippen molar-refractivity contribution in [2.24, 2.45) is 0 Å². The lowest BCUT2D eigenvalue weighted by Crippen LogP contribution is -2.26. The molecule has 2 aromatic heterocycles. The molecule has 0 saturated carbocycles. The van der Waals surface area contributed by atoms with Crippen molar-refractivity contribution in [3.05, 3.63) is 42.4 Å². The average molecular weight is 409 g/mol. The standard InChI is InChI=1S/C23H28N4O3/c1-3-17(29)10-5-4-6-12-20(25-15(2)28)22-24-14-21(26-22)18-13-16-9-7-8-11-19(16)27-23(18)30/h7-9,11,13-14,20H,3-6,10,12H2,1-2H3,(H,24,26)(H,25,28)(H,27,30)/t20-/m0/s1. The van der Waals surface area contributed by atoms with Gasteiger partial charge in [-0.25, -0.2) is 9.97 Å². The van der Waals surface area contributed by atoms with Crippen molar-refractivity contribution in [1.82, 2.24) is 20.3 Å². The van der Waals surface area contributed by atoms with Gasteiger partial charge in [0.2, 0.25) is 11.8 Å². The molecule has 2 heterocycles. The van der Waals surface area contributed by atoms with E-state index in [1.807, 2.05) is 37.3 Å². The smallest absolute Gasteiger partial charge is 0.221 e. The molecule has 0 fully saturated rings. The fraction of sp³-hybridized carbons (Fsp3) is 0.391. The van der Waals surface area contributed by atoms with Crippen LogP contribution in [-0.4, -0.2) is 31.7 Å². The lowest BCUT2D eigenvalue weighted by Gasteiger charge is -2.15. The largest absolute Gasteiger partial charge is 0.493 e. The van der Waals surface area contributed by atoms with Crippen molar-refractivity contribution >= 4 is 22.6 Å². The zero-order chi connectivity index (χ0) is 21.5. The van der Waals surface area contributed by atoms with Gasteiger partial charge in [-0.05, 0) is 25.0 Å². The van der Waals surface area contributed by atoms with Crippen LogP contribution in [0.5, 0.6) is 5.88 Å². The first-order valence-electron chi connectivity index (χ1n) is 10.4. The van der Waals surface area contributed by atoms with Gasteiger partial charge in [-0.1, -0.05) is 38.0 Å². The van der Waals surface area contributed by atoms with E-state index in [1.54, 1.807) is 6.20 Å². The molecule has 1 atom stereocenters. The third-order valence-electron chi connectivity index (χ3n) is 5.14. The highest BCUT2D eigenvalue weighted by atomic mass is 16.3. The molecule has 3 aromatic rings. The van der Waals surface area contributed by atoms with Crippen molar-refractivity contribution in [2.75, 3.05) is 0 Å². The number of nitrogens with one attached hydrogen (secondary N) is 2. The van der Waals surface area contributed by atoms with Gasteiger partial charge in [-0.15, -0.1) is 0 Å². The molecule has 0 unspecified atom stereocenters. The number of benzene rings is 1. The Balaban J connectivity index is 1.73. The van der Waals surface area contributed by atoms with E-state index in [1.165, 1.54) is 6.92 Å². The van der Waals surface area contributed by atoms with E-state index < -0.39 is 0 Å². The lowest BCUT2D eigenvalue weighted by atomic mass is 10.0. The number of carbonyl (C=O) groups is 2. The summed E-state index contributed by atoms with van der Waals surface area (Å²) in [6.45, 7) is 3.36. The van der Waals surface area contributed by atoms with E-state index >= 15 is 0 Å². The fourth-order valence-corrected chi connectivity index (χ4v) is 3.50. The number of hydrogen-bond donors (Lipinski definition) is 3. The van der Waals surface area contributed by atoms with E-state index in [4.69, 9.17) is 0 Å². The monoisotopic (exact) mass is 408 g/mol. The number of aromatic hydroxyl groups is 1. The van der Waals surface area contributed by atoms with Crippen molar-refractivity contribution in [3.8, 4) is 17.1 Å². The van der Waals surface area contributed by atoms with Gasteiger partial charge in [0, 0.05) is 25.2 Å². The molecule has 0 aliphatic carbocycles. The fourth-order valence-electron chi connectivity index (χ4n) is 3.50. The number of aromatic nitrogens is 3. The van der Waals surface area contributed by atoms with Crippen LogP contribution < -0.4 is 5.32 Å². The third-order valence-corrected chi connectivity index (χ3v) is 5.14. The first-order chi connectivity index (χ1) is 14.5. The van der Waals surface area contributed by atoms with Crippen LogP contribution in [0.4, 0.5) is 0 Å². The first-order valence-corrected chi connectivity index (χ1v) is 10.4. The number of hydrogen-bond acceptors (Lipinski definition) is 5. The van der Waals surface area contributed by atoms with Crippen molar-refractivity contribution < 1.29 is 14.7 Å². The van der Waals surface area contributed by atoms with Crippen LogP contribution in [0.25, 0.3) is 22.2 Å². The molecule has 1 amide bonds. The molecule has 0 bridgehead atoms. The minimum atomic E-state index is -0.256. The molecule has 0 radical (unpaired) electrons. The van der Waals surface area contributed by atoms with Crippen LogP contribution in [0, 0.1) is 0 Å². The second-order valence-electron chi connectivity index (χ2n) is 7.48. The van der Waals surface area contributed by atoms with Crippen LogP contribution in [0.15, 0.2) is 36.5 Å². The van der Waals surface area contributed by atoms with Gasteiger partial charge in [-0.3, -0.25) is 9.59 Å². The number of H-pyrrole nitrogens is 1. The molecular weight excluding hydrogens is 380 g/mol. The molecule has 0 aliphatic heterocycles. The van der Waals surface area contributed by atoms with Gasteiger partial charge < -0.3 is 15.4 Å². The number of para-hydroxylation sites is 1. The highest BCUT2D eigenvalue weighted by Gasteiger charge is 2.18. The zero-order valence-electron chi connectivity index (χ0n) is 17.4. The van der Waals surface area contributed by atoms with E-state index in [0.717, 1.165) is 36.6 Å². The van der Waals surface area contributed by atoms with Crippen molar-refractivity contribution in [1.29, 1.82) is 0 Å². The summed E-state index contributed by atoms with van der Waals surface area (Å²) in [5.74, 6) is 0.722. The van der Waals surface area contributed by atoms with Crippen LogP contribution in [-0.2, 0) is 9.59 Å². The highest BCUT2D eigenvalue weighted by Crippen LogP contribution is 2.30. The lowest BCUT2D eigenvalue weighted by molar-refractivity contribution is -0.120. The van der Waals surface area contributed by atoms with Crippen LogP contribution in [0.1, 0.15) is 64.2 Å². The Morgan fingerprint density at radius 3 is 2.77 bits per heavy atom. The van der Waals surface area contributed by atoms with Crippen molar-refractivity contribution in [2.45, 2.75) is 58.4 Å². The Hall–Kier alpha value is -3.22. The zero-order valence-corrected chi connectivity index (χ0v) is 17.4. The second-order valence-corrected chi connectivity index (χ2v) is 7.48. The summed E-state index contributed by atoms with van der Waals surface area (Å²) >= 11 is 0. The number of unbranched alkanes of at least 4 members (excludes halogenated alkanes) is 2. The molecule has 1 aromatic carbocycles. The van der Waals surface area contributed by atoms with Crippen LogP contribution in [0.3, 0.4) is 0 Å². The quantitative estimate of drug-likeness (QED) is 0.430. The molecule has 30 heavy (non-hydrogen) atoms. The van der Waals surface area contributed by atoms with Crippen LogP contribution >= 0.6 is 0 Å². The number of imidazole rings is 1. The summed E-state index contributed by atoms with van der Waals surface area (Å²) in [7, 11) is 0. The number of Topliss-reactive ketones (excluding diaryl/α,β-unsaturated/α-hetero) is 1.